The Kier molecular flexibility index (Phi) is 5.73. The van der Waals surface area contributed by atoms with Gasteiger partial charge in [-0.25, -0.2) is 10.3 Å². The normalized spacial score (nSPS) is 16.5. The zero-order valence-electron chi connectivity index (χ0n) is 14.6. The van der Waals surface area contributed by atoms with Crippen molar-refractivity contribution in [2.75, 3.05) is 11.5 Å². The Labute approximate surface area is 161 Å². The number of halogens is 1. The van der Waals surface area contributed by atoms with Gasteiger partial charge >= 0.3 is 0 Å². The molecule has 140 valence electrons. The summed E-state index contributed by atoms with van der Waals surface area (Å²) in [4.78, 5) is 38.0. The Morgan fingerprint density at radius 3 is 2.44 bits per heavy atom. The van der Waals surface area contributed by atoms with E-state index in [1.54, 1.807) is 48.5 Å². The summed E-state index contributed by atoms with van der Waals surface area (Å²) < 4.78 is 5.36. The maximum Gasteiger partial charge on any atom is 0.265 e. The third kappa shape index (κ3) is 4.27. The molecule has 2 N–H and O–H groups in total. The zero-order chi connectivity index (χ0) is 19.4. The molecule has 8 heteroatoms. The van der Waals surface area contributed by atoms with Crippen LogP contribution < -0.4 is 20.5 Å². The van der Waals surface area contributed by atoms with E-state index in [9.17, 15) is 14.4 Å². The van der Waals surface area contributed by atoms with Crippen LogP contribution in [0.2, 0.25) is 5.02 Å². The maximum atomic E-state index is 12.6. The van der Waals surface area contributed by atoms with Crippen LogP contribution in [0.25, 0.3) is 0 Å². The van der Waals surface area contributed by atoms with Gasteiger partial charge < -0.3 is 4.74 Å². The van der Waals surface area contributed by atoms with Crippen molar-refractivity contribution >= 4 is 35.0 Å². The zero-order valence-corrected chi connectivity index (χ0v) is 15.3. The summed E-state index contributed by atoms with van der Waals surface area (Å²) in [6.45, 7) is 2.40. The standard InChI is InChI=1S/C19H18ClN3O4/c1-2-27-15-9-7-14(8-10-15)23-17(24)11-16(19(23)26)21-22-18(25)12-3-5-13(20)6-4-12/h3-10,16,21H,2,11H2,1H3,(H,22,25). The third-order valence-corrected chi connectivity index (χ3v) is 4.27. The van der Waals surface area contributed by atoms with Gasteiger partial charge in [0.1, 0.15) is 11.8 Å². The molecule has 0 radical (unpaired) electrons. The van der Waals surface area contributed by atoms with Crippen LogP contribution in [0.5, 0.6) is 5.75 Å². The fourth-order valence-corrected chi connectivity index (χ4v) is 2.83. The van der Waals surface area contributed by atoms with E-state index < -0.39 is 17.9 Å². The predicted octanol–water partition coefficient (Wildman–Crippen LogP) is 2.31. The van der Waals surface area contributed by atoms with Crippen molar-refractivity contribution in [3.05, 3.63) is 59.1 Å². The minimum atomic E-state index is -0.833. The molecule has 27 heavy (non-hydrogen) atoms. The number of amides is 3. The fourth-order valence-electron chi connectivity index (χ4n) is 2.70. The van der Waals surface area contributed by atoms with E-state index in [1.807, 2.05) is 6.92 Å². The van der Waals surface area contributed by atoms with Crippen LogP contribution in [-0.4, -0.2) is 30.4 Å². The van der Waals surface area contributed by atoms with Crippen molar-refractivity contribution in [1.29, 1.82) is 0 Å². The van der Waals surface area contributed by atoms with Crippen molar-refractivity contribution in [3.63, 3.8) is 0 Å². The van der Waals surface area contributed by atoms with Crippen molar-refractivity contribution < 1.29 is 19.1 Å². The minimum absolute atomic E-state index is 0.0487. The van der Waals surface area contributed by atoms with Crippen molar-refractivity contribution in [3.8, 4) is 5.75 Å². The number of nitrogens with zero attached hydrogens (tertiary/aromatic N) is 1. The molecule has 7 nitrogen and oxygen atoms in total. The molecule has 1 aliphatic heterocycles. The molecule has 2 aromatic rings. The lowest BCUT2D eigenvalue weighted by Gasteiger charge is -2.16. The van der Waals surface area contributed by atoms with Crippen LogP contribution in [0.4, 0.5) is 5.69 Å². The van der Waals surface area contributed by atoms with Gasteiger partial charge in [-0.3, -0.25) is 19.8 Å². The Bertz CT molecular complexity index is 852. The van der Waals surface area contributed by atoms with Gasteiger partial charge in [-0.1, -0.05) is 11.6 Å². The van der Waals surface area contributed by atoms with E-state index in [0.717, 1.165) is 4.90 Å². The molecule has 1 atom stereocenters. The molecule has 3 rings (SSSR count). The van der Waals surface area contributed by atoms with Crippen LogP contribution in [-0.2, 0) is 9.59 Å². The van der Waals surface area contributed by atoms with Crippen LogP contribution in [0, 0.1) is 0 Å². The number of benzene rings is 2. The molecular formula is C19H18ClN3O4. The first kappa shape index (κ1) is 18.9. The number of anilines is 1. The molecule has 0 saturated carbocycles. The molecule has 1 aliphatic rings. The number of hydrazine groups is 1. The smallest absolute Gasteiger partial charge is 0.265 e. The van der Waals surface area contributed by atoms with Crippen LogP contribution in [0.15, 0.2) is 48.5 Å². The van der Waals surface area contributed by atoms with Gasteiger partial charge in [-0.15, -0.1) is 0 Å². The Balaban J connectivity index is 1.63. The SMILES string of the molecule is CCOc1ccc(N2C(=O)CC(NNC(=O)c3ccc(Cl)cc3)C2=O)cc1. The second-order valence-electron chi connectivity index (χ2n) is 5.86. The topological polar surface area (TPSA) is 87.7 Å². The summed E-state index contributed by atoms with van der Waals surface area (Å²) in [5.74, 6) is -0.542. The number of hydrogen-bond acceptors (Lipinski definition) is 5. The fraction of sp³-hybridized carbons (Fsp3) is 0.211. The Morgan fingerprint density at radius 1 is 1.15 bits per heavy atom. The highest BCUT2D eigenvalue weighted by molar-refractivity contribution is 6.30. The van der Waals surface area contributed by atoms with E-state index in [4.69, 9.17) is 16.3 Å². The molecule has 3 amide bonds. The van der Waals surface area contributed by atoms with Gasteiger partial charge in [-0.2, -0.15) is 0 Å². The number of rotatable bonds is 6. The van der Waals surface area contributed by atoms with E-state index >= 15 is 0 Å². The largest absolute Gasteiger partial charge is 0.494 e. The van der Waals surface area contributed by atoms with E-state index in [-0.39, 0.29) is 12.3 Å². The number of imide groups is 1. The Hall–Kier alpha value is -2.90. The molecule has 2 aromatic carbocycles. The third-order valence-electron chi connectivity index (χ3n) is 4.02. The highest BCUT2D eigenvalue weighted by Gasteiger charge is 2.39. The summed E-state index contributed by atoms with van der Waals surface area (Å²) in [7, 11) is 0. The summed E-state index contributed by atoms with van der Waals surface area (Å²) >= 11 is 5.79. The van der Waals surface area contributed by atoms with Gasteiger partial charge in [0.15, 0.2) is 0 Å². The number of carbonyl (C=O) groups excluding carboxylic acids is 3. The molecule has 0 aromatic heterocycles. The summed E-state index contributed by atoms with van der Waals surface area (Å²) in [5, 5.41) is 0.516. The first-order valence-corrected chi connectivity index (χ1v) is 8.78. The van der Waals surface area contributed by atoms with Crippen molar-refractivity contribution in [2.24, 2.45) is 0 Å². The number of hydrogen-bond donors (Lipinski definition) is 2. The molecule has 1 unspecified atom stereocenters. The molecule has 0 spiro atoms. The molecule has 1 fully saturated rings. The van der Waals surface area contributed by atoms with Gasteiger partial charge in [-0.05, 0) is 55.5 Å². The second kappa shape index (κ2) is 8.20. The maximum absolute atomic E-state index is 12.6. The van der Waals surface area contributed by atoms with Crippen LogP contribution in [0.1, 0.15) is 23.7 Å². The lowest BCUT2D eigenvalue weighted by molar-refractivity contribution is -0.121. The summed E-state index contributed by atoms with van der Waals surface area (Å²) in [5.41, 5.74) is 5.94. The first-order chi connectivity index (χ1) is 13.0. The summed E-state index contributed by atoms with van der Waals surface area (Å²) in [6, 6.07) is 12.2. The monoisotopic (exact) mass is 387 g/mol. The highest BCUT2D eigenvalue weighted by Crippen LogP contribution is 2.25. The summed E-state index contributed by atoms with van der Waals surface area (Å²) in [6.07, 6.45) is -0.0487. The average molecular weight is 388 g/mol. The van der Waals surface area contributed by atoms with E-state index in [1.165, 1.54) is 0 Å². The number of nitrogens with one attached hydrogen (secondary N) is 2. The van der Waals surface area contributed by atoms with E-state index in [0.29, 0.717) is 28.6 Å². The quantitative estimate of drug-likeness (QED) is 0.586. The van der Waals surface area contributed by atoms with Gasteiger partial charge in [0.25, 0.3) is 11.8 Å². The molecule has 1 heterocycles. The molecule has 0 aliphatic carbocycles. The van der Waals surface area contributed by atoms with Crippen molar-refractivity contribution in [2.45, 2.75) is 19.4 Å². The van der Waals surface area contributed by atoms with Crippen LogP contribution in [0.3, 0.4) is 0 Å². The van der Waals surface area contributed by atoms with Crippen molar-refractivity contribution in [1.82, 2.24) is 10.9 Å². The molecule has 0 bridgehead atoms. The average Bonchev–Trinajstić information content (AvgIpc) is 2.95. The lowest BCUT2D eigenvalue weighted by Crippen LogP contribution is -2.48. The minimum Gasteiger partial charge on any atom is -0.494 e. The second-order valence-corrected chi connectivity index (χ2v) is 6.29. The number of ether oxygens (including phenoxy) is 1. The predicted molar refractivity (Wildman–Crippen MR) is 101 cm³/mol. The van der Waals surface area contributed by atoms with Gasteiger partial charge in [0, 0.05) is 10.6 Å². The highest BCUT2D eigenvalue weighted by atomic mass is 35.5. The molecule has 1 saturated heterocycles. The van der Waals surface area contributed by atoms with E-state index in [2.05, 4.69) is 10.9 Å². The van der Waals surface area contributed by atoms with Gasteiger partial charge in [0.05, 0.1) is 18.7 Å². The Morgan fingerprint density at radius 2 is 1.81 bits per heavy atom. The number of carbonyl (C=O) groups is 3. The first-order valence-electron chi connectivity index (χ1n) is 8.40. The van der Waals surface area contributed by atoms with Gasteiger partial charge in [0.2, 0.25) is 5.91 Å². The lowest BCUT2D eigenvalue weighted by atomic mass is 10.2. The van der Waals surface area contributed by atoms with Crippen LogP contribution >= 0.6 is 11.6 Å². The molecular weight excluding hydrogens is 370 g/mol.